The Hall–Kier alpha value is -1.49. The average Bonchev–Trinajstić information content (AvgIpc) is 2.75. The molecule has 4 nitrogen and oxygen atoms in total. The molecule has 0 spiro atoms. The summed E-state index contributed by atoms with van der Waals surface area (Å²) in [5.74, 6) is -0.739. The van der Waals surface area contributed by atoms with Gasteiger partial charge in [0.05, 0.1) is 0 Å². The highest BCUT2D eigenvalue weighted by Gasteiger charge is 2.31. The summed E-state index contributed by atoms with van der Waals surface area (Å²) < 4.78 is 13.1. The molecule has 1 atom stereocenters. The first-order chi connectivity index (χ1) is 9.24. The number of rotatable bonds is 1. The Balaban J connectivity index is 1.75. The van der Waals surface area contributed by atoms with Crippen LogP contribution in [0.2, 0.25) is 0 Å². The molecule has 1 aromatic heterocycles. The lowest BCUT2D eigenvalue weighted by Crippen LogP contribution is -2.40. The summed E-state index contributed by atoms with van der Waals surface area (Å²) in [5, 5.41) is 0. The third-order valence-electron chi connectivity index (χ3n) is 4.03. The van der Waals surface area contributed by atoms with Crippen molar-refractivity contribution in [1.82, 2.24) is 14.8 Å². The average molecular weight is 263 g/mol. The summed E-state index contributed by atoms with van der Waals surface area (Å²) in [7, 11) is 0. The van der Waals surface area contributed by atoms with Gasteiger partial charge in [0.1, 0.15) is 5.69 Å². The zero-order chi connectivity index (χ0) is 13.2. The first-order valence-electron chi connectivity index (χ1n) is 6.90. The zero-order valence-electron chi connectivity index (χ0n) is 10.9. The fourth-order valence-corrected chi connectivity index (χ4v) is 3.08. The van der Waals surface area contributed by atoms with Crippen molar-refractivity contribution in [3.63, 3.8) is 0 Å². The van der Waals surface area contributed by atoms with Crippen LogP contribution >= 0.6 is 0 Å². The van der Waals surface area contributed by atoms with Crippen LogP contribution < -0.4 is 0 Å². The number of hydrogen-bond acceptors (Lipinski definition) is 3. The number of fused-ring (bicyclic) bond motifs is 1. The molecular formula is C14H18FN3O. The Kier molecular flexibility index (Phi) is 3.46. The lowest BCUT2D eigenvalue weighted by Gasteiger charge is -2.25. The second-order valence-corrected chi connectivity index (χ2v) is 5.28. The minimum absolute atomic E-state index is 0.145. The number of carbonyl (C=O) groups excluding carboxylic acids is 1. The van der Waals surface area contributed by atoms with Crippen molar-refractivity contribution in [3.05, 3.63) is 29.8 Å². The van der Waals surface area contributed by atoms with E-state index >= 15 is 0 Å². The van der Waals surface area contributed by atoms with Crippen molar-refractivity contribution in [2.45, 2.75) is 25.3 Å². The van der Waals surface area contributed by atoms with Crippen LogP contribution in [-0.4, -0.2) is 52.9 Å². The molecule has 0 radical (unpaired) electrons. The standard InChI is InChI=1S/C14H18FN3O/c15-13-6-1-5-12(16-13)14(19)18-9-3-8-17-7-2-4-11(17)10-18/h1,5-6,11H,2-4,7-10H2. The smallest absolute Gasteiger partial charge is 0.272 e. The molecule has 0 N–H and O–H groups in total. The van der Waals surface area contributed by atoms with Crippen molar-refractivity contribution >= 4 is 5.91 Å². The first kappa shape index (κ1) is 12.5. The van der Waals surface area contributed by atoms with Crippen molar-refractivity contribution in [2.24, 2.45) is 0 Å². The molecule has 0 aromatic carbocycles. The largest absolute Gasteiger partial charge is 0.336 e. The third kappa shape index (κ3) is 2.61. The van der Waals surface area contributed by atoms with Crippen LogP contribution in [-0.2, 0) is 0 Å². The van der Waals surface area contributed by atoms with Gasteiger partial charge in [0.25, 0.3) is 5.91 Å². The summed E-state index contributed by atoms with van der Waals surface area (Å²) in [6.45, 7) is 3.69. The van der Waals surface area contributed by atoms with Gasteiger partial charge in [-0.3, -0.25) is 9.69 Å². The SMILES string of the molecule is O=C(c1cccc(F)n1)N1CCCN2CCCC2C1. The number of halogens is 1. The Morgan fingerprint density at radius 2 is 2.11 bits per heavy atom. The molecule has 0 bridgehead atoms. The summed E-state index contributed by atoms with van der Waals surface area (Å²) in [4.78, 5) is 20.4. The molecular weight excluding hydrogens is 245 g/mol. The van der Waals surface area contributed by atoms with Crippen LogP contribution in [0.3, 0.4) is 0 Å². The van der Waals surface area contributed by atoms with E-state index in [0.717, 1.165) is 39.0 Å². The van der Waals surface area contributed by atoms with Crippen molar-refractivity contribution in [1.29, 1.82) is 0 Å². The third-order valence-corrected chi connectivity index (χ3v) is 4.03. The van der Waals surface area contributed by atoms with E-state index in [1.54, 1.807) is 6.07 Å². The van der Waals surface area contributed by atoms with Gasteiger partial charge in [0.15, 0.2) is 0 Å². The molecule has 2 aliphatic heterocycles. The van der Waals surface area contributed by atoms with Gasteiger partial charge in [-0.05, 0) is 37.9 Å². The van der Waals surface area contributed by atoms with Gasteiger partial charge in [-0.2, -0.15) is 4.39 Å². The van der Waals surface area contributed by atoms with E-state index in [0.29, 0.717) is 6.04 Å². The highest BCUT2D eigenvalue weighted by Crippen LogP contribution is 2.22. The summed E-state index contributed by atoms with van der Waals surface area (Å²) in [6.07, 6.45) is 3.35. The minimum Gasteiger partial charge on any atom is -0.336 e. The van der Waals surface area contributed by atoms with Gasteiger partial charge in [-0.15, -0.1) is 0 Å². The van der Waals surface area contributed by atoms with Crippen LogP contribution in [0.25, 0.3) is 0 Å². The Morgan fingerprint density at radius 3 is 2.95 bits per heavy atom. The van der Waals surface area contributed by atoms with E-state index in [9.17, 15) is 9.18 Å². The van der Waals surface area contributed by atoms with Gasteiger partial charge < -0.3 is 4.90 Å². The Bertz CT molecular complexity index is 480. The zero-order valence-corrected chi connectivity index (χ0v) is 10.9. The predicted octanol–water partition coefficient (Wildman–Crippen LogP) is 1.53. The molecule has 0 saturated carbocycles. The molecule has 0 aliphatic carbocycles. The lowest BCUT2D eigenvalue weighted by atomic mass is 10.2. The molecule has 3 heterocycles. The molecule has 1 unspecified atom stereocenters. The molecule has 2 aliphatic rings. The van der Waals surface area contributed by atoms with E-state index in [-0.39, 0.29) is 11.6 Å². The maximum atomic E-state index is 13.1. The van der Waals surface area contributed by atoms with Crippen molar-refractivity contribution in [3.8, 4) is 0 Å². The van der Waals surface area contributed by atoms with E-state index in [4.69, 9.17) is 0 Å². The van der Waals surface area contributed by atoms with Crippen LogP contribution in [0.4, 0.5) is 4.39 Å². The molecule has 1 amide bonds. The molecule has 2 saturated heterocycles. The number of pyridine rings is 1. The quantitative estimate of drug-likeness (QED) is 0.721. The normalized spacial score (nSPS) is 24.1. The van der Waals surface area contributed by atoms with Gasteiger partial charge in [-0.25, -0.2) is 4.98 Å². The molecule has 2 fully saturated rings. The van der Waals surface area contributed by atoms with Crippen LogP contribution in [0.15, 0.2) is 18.2 Å². The minimum atomic E-state index is -0.594. The maximum absolute atomic E-state index is 13.1. The van der Waals surface area contributed by atoms with Gasteiger partial charge in [0.2, 0.25) is 5.95 Å². The lowest BCUT2D eigenvalue weighted by molar-refractivity contribution is 0.0736. The fourth-order valence-electron chi connectivity index (χ4n) is 3.08. The Labute approximate surface area is 112 Å². The second-order valence-electron chi connectivity index (χ2n) is 5.28. The number of hydrogen-bond donors (Lipinski definition) is 0. The Morgan fingerprint density at radius 1 is 1.26 bits per heavy atom. The highest BCUT2D eigenvalue weighted by molar-refractivity contribution is 5.92. The number of amides is 1. The van der Waals surface area contributed by atoms with E-state index in [2.05, 4.69) is 9.88 Å². The van der Waals surface area contributed by atoms with Crippen molar-refractivity contribution < 1.29 is 9.18 Å². The van der Waals surface area contributed by atoms with E-state index in [1.807, 2.05) is 4.90 Å². The van der Waals surface area contributed by atoms with Gasteiger partial charge >= 0.3 is 0 Å². The number of aromatic nitrogens is 1. The molecule has 102 valence electrons. The van der Waals surface area contributed by atoms with Gasteiger partial charge in [-0.1, -0.05) is 6.07 Å². The monoisotopic (exact) mass is 263 g/mol. The summed E-state index contributed by atoms with van der Waals surface area (Å²) in [5.41, 5.74) is 0.214. The number of carbonyl (C=O) groups is 1. The predicted molar refractivity (Wildman–Crippen MR) is 69.3 cm³/mol. The number of nitrogens with zero attached hydrogens (tertiary/aromatic N) is 3. The van der Waals surface area contributed by atoms with Crippen LogP contribution in [0.1, 0.15) is 29.8 Å². The highest BCUT2D eigenvalue weighted by atomic mass is 19.1. The van der Waals surface area contributed by atoms with Gasteiger partial charge in [0, 0.05) is 25.7 Å². The topological polar surface area (TPSA) is 36.4 Å². The van der Waals surface area contributed by atoms with E-state index in [1.165, 1.54) is 18.6 Å². The van der Waals surface area contributed by atoms with E-state index < -0.39 is 5.95 Å². The molecule has 1 aromatic rings. The first-order valence-corrected chi connectivity index (χ1v) is 6.90. The summed E-state index contributed by atoms with van der Waals surface area (Å²) >= 11 is 0. The molecule has 19 heavy (non-hydrogen) atoms. The van der Waals surface area contributed by atoms with Crippen LogP contribution in [0.5, 0.6) is 0 Å². The summed E-state index contributed by atoms with van der Waals surface area (Å²) in [6, 6.07) is 4.86. The molecule has 3 rings (SSSR count). The van der Waals surface area contributed by atoms with Crippen LogP contribution in [0, 0.1) is 5.95 Å². The molecule has 5 heteroatoms. The second kappa shape index (κ2) is 5.25. The van der Waals surface area contributed by atoms with Crippen molar-refractivity contribution in [2.75, 3.05) is 26.2 Å². The fraction of sp³-hybridized carbons (Fsp3) is 0.571. The maximum Gasteiger partial charge on any atom is 0.272 e.